The molecule has 1 aromatic carbocycles. The molecule has 1 aliphatic heterocycles. The molecule has 2 amide bonds. The SMILES string of the molecule is COc1cc(C(=O)O)ccc1CN1CCNC1=O. The van der Waals surface area contributed by atoms with Crippen molar-refractivity contribution in [1.82, 2.24) is 10.2 Å². The highest BCUT2D eigenvalue weighted by atomic mass is 16.5. The van der Waals surface area contributed by atoms with Gasteiger partial charge in [0.15, 0.2) is 0 Å². The van der Waals surface area contributed by atoms with Crippen molar-refractivity contribution in [2.24, 2.45) is 0 Å². The van der Waals surface area contributed by atoms with Gasteiger partial charge in [0.25, 0.3) is 0 Å². The van der Waals surface area contributed by atoms with Crippen molar-refractivity contribution < 1.29 is 19.4 Å². The van der Waals surface area contributed by atoms with Crippen LogP contribution in [0.1, 0.15) is 15.9 Å². The number of hydrogen-bond donors (Lipinski definition) is 2. The Labute approximate surface area is 104 Å². The van der Waals surface area contributed by atoms with Crippen molar-refractivity contribution in [2.75, 3.05) is 20.2 Å². The van der Waals surface area contributed by atoms with Crippen molar-refractivity contribution in [1.29, 1.82) is 0 Å². The number of aromatic carboxylic acids is 1. The maximum Gasteiger partial charge on any atom is 0.335 e. The van der Waals surface area contributed by atoms with Gasteiger partial charge in [0.1, 0.15) is 5.75 Å². The van der Waals surface area contributed by atoms with E-state index in [-0.39, 0.29) is 11.6 Å². The molecule has 6 nitrogen and oxygen atoms in total. The number of methoxy groups -OCH3 is 1. The van der Waals surface area contributed by atoms with Gasteiger partial charge in [-0.2, -0.15) is 0 Å². The van der Waals surface area contributed by atoms with Crippen molar-refractivity contribution in [2.45, 2.75) is 6.54 Å². The fourth-order valence-corrected chi connectivity index (χ4v) is 1.88. The molecule has 2 rings (SSSR count). The van der Waals surface area contributed by atoms with Crippen molar-refractivity contribution >= 4 is 12.0 Å². The summed E-state index contributed by atoms with van der Waals surface area (Å²) in [6.07, 6.45) is 0. The monoisotopic (exact) mass is 250 g/mol. The van der Waals surface area contributed by atoms with E-state index in [9.17, 15) is 9.59 Å². The molecule has 96 valence electrons. The Kier molecular flexibility index (Phi) is 3.36. The lowest BCUT2D eigenvalue weighted by Crippen LogP contribution is -2.27. The third-order valence-corrected chi connectivity index (χ3v) is 2.84. The zero-order chi connectivity index (χ0) is 13.1. The molecule has 1 aromatic rings. The van der Waals surface area contributed by atoms with Crippen molar-refractivity contribution in [3.05, 3.63) is 29.3 Å². The molecule has 0 atom stereocenters. The molecule has 1 heterocycles. The molecule has 0 spiro atoms. The molecule has 2 N–H and O–H groups in total. The lowest BCUT2D eigenvalue weighted by molar-refractivity contribution is 0.0696. The lowest BCUT2D eigenvalue weighted by Gasteiger charge is -2.16. The Morgan fingerprint density at radius 1 is 1.56 bits per heavy atom. The number of carbonyl (C=O) groups is 2. The predicted molar refractivity (Wildman–Crippen MR) is 63.8 cm³/mol. The fraction of sp³-hybridized carbons (Fsp3) is 0.333. The summed E-state index contributed by atoms with van der Waals surface area (Å²) in [4.78, 5) is 23.9. The van der Waals surface area contributed by atoms with E-state index in [1.54, 1.807) is 11.0 Å². The summed E-state index contributed by atoms with van der Waals surface area (Å²) in [6, 6.07) is 4.53. The van der Waals surface area contributed by atoms with Crippen LogP contribution in [0.2, 0.25) is 0 Å². The average molecular weight is 250 g/mol. The van der Waals surface area contributed by atoms with Crippen LogP contribution < -0.4 is 10.1 Å². The van der Waals surface area contributed by atoms with Crippen LogP contribution >= 0.6 is 0 Å². The summed E-state index contributed by atoms with van der Waals surface area (Å²) in [5.41, 5.74) is 0.959. The van der Waals surface area contributed by atoms with Gasteiger partial charge in [-0.15, -0.1) is 0 Å². The second kappa shape index (κ2) is 4.95. The highest BCUT2D eigenvalue weighted by molar-refractivity contribution is 5.88. The first-order valence-electron chi connectivity index (χ1n) is 5.55. The van der Waals surface area contributed by atoms with Crippen LogP contribution in [0.5, 0.6) is 5.75 Å². The highest BCUT2D eigenvalue weighted by Gasteiger charge is 2.21. The molecule has 0 aromatic heterocycles. The molecule has 0 unspecified atom stereocenters. The number of carboxylic acids is 1. The van der Waals surface area contributed by atoms with E-state index in [1.165, 1.54) is 19.2 Å². The van der Waals surface area contributed by atoms with Gasteiger partial charge in [-0.3, -0.25) is 0 Å². The Bertz CT molecular complexity index is 487. The Morgan fingerprint density at radius 2 is 2.33 bits per heavy atom. The van der Waals surface area contributed by atoms with Gasteiger partial charge in [-0.1, -0.05) is 6.07 Å². The van der Waals surface area contributed by atoms with Crippen molar-refractivity contribution in [3.8, 4) is 5.75 Å². The molecule has 0 aliphatic carbocycles. The number of ether oxygens (including phenoxy) is 1. The Balaban J connectivity index is 2.22. The van der Waals surface area contributed by atoms with Crippen LogP contribution in [-0.4, -0.2) is 42.2 Å². The summed E-state index contributed by atoms with van der Waals surface area (Å²) in [5.74, 6) is -0.520. The molecular formula is C12H14N2O4. The minimum atomic E-state index is -1.00. The number of carbonyl (C=O) groups excluding carboxylic acids is 1. The largest absolute Gasteiger partial charge is 0.496 e. The van der Waals surface area contributed by atoms with E-state index < -0.39 is 5.97 Å². The molecule has 1 saturated heterocycles. The number of nitrogens with one attached hydrogen (secondary N) is 1. The minimum Gasteiger partial charge on any atom is -0.496 e. The van der Waals surface area contributed by atoms with Gasteiger partial charge in [-0.25, -0.2) is 9.59 Å². The average Bonchev–Trinajstić information content (AvgIpc) is 2.75. The first-order chi connectivity index (χ1) is 8.61. The summed E-state index contributed by atoms with van der Waals surface area (Å²) >= 11 is 0. The number of benzene rings is 1. The summed E-state index contributed by atoms with van der Waals surface area (Å²) in [7, 11) is 1.48. The van der Waals surface area contributed by atoms with Crippen LogP contribution in [-0.2, 0) is 6.54 Å². The predicted octanol–water partition coefficient (Wildman–Crippen LogP) is 0.919. The minimum absolute atomic E-state index is 0.112. The number of rotatable bonds is 4. The van der Waals surface area contributed by atoms with Crippen LogP contribution in [0.15, 0.2) is 18.2 Å². The lowest BCUT2D eigenvalue weighted by atomic mass is 10.1. The second-order valence-corrected chi connectivity index (χ2v) is 3.99. The van der Waals surface area contributed by atoms with Gasteiger partial charge >= 0.3 is 12.0 Å². The molecule has 1 fully saturated rings. The van der Waals surface area contributed by atoms with Gasteiger partial charge in [0.2, 0.25) is 0 Å². The van der Waals surface area contributed by atoms with Gasteiger partial charge in [0, 0.05) is 18.7 Å². The number of carboxylic acid groups (broad SMARTS) is 1. The molecule has 6 heteroatoms. The van der Waals surface area contributed by atoms with Gasteiger partial charge in [-0.05, 0) is 12.1 Å². The van der Waals surface area contributed by atoms with Gasteiger partial charge < -0.3 is 20.1 Å². The fourth-order valence-electron chi connectivity index (χ4n) is 1.88. The molecule has 1 aliphatic rings. The third kappa shape index (κ3) is 2.37. The molecule has 18 heavy (non-hydrogen) atoms. The van der Waals surface area contributed by atoms with Crippen LogP contribution in [0.4, 0.5) is 4.79 Å². The summed E-state index contributed by atoms with van der Waals surface area (Å²) < 4.78 is 5.16. The normalized spacial score (nSPS) is 14.5. The van der Waals surface area contributed by atoms with E-state index in [1.807, 2.05) is 0 Å². The van der Waals surface area contributed by atoms with E-state index in [2.05, 4.69) is 5.32 Å². The summed E-state index contributed by atoms with van der Waals surface area (Å²) in [6.45, 7) is 1.69. The van der Waals surface area contributed by atoms with Crippen LogP contribution in [0.25, 0.3) is 0 Å². The highest BCUT2D eigenvalue weighted by Crippen LogP contribution is 2.22. The maximum absolute atomic E-state index is 11.4. The number of hydrogen-bond acceptors (Lipinski definition) is 3. The maximum atomic E-state index is 11.4. The standard InChI is InChI=1S/C12H14N2O4/c1-18-10-6-8(11(15)16)2-3-9(10)7-14-5-4-13-12(14)17/h2-3,6H,4-5,7H2,1H3,(H,13,17)(H,15,16). The van der Waals surface area contributed by atoms with E-state index in [4.69, 9.17) is 9.84 Å². The van der Waals surface area contributed by atoms with E-state index in [0.29, 0.717) is 25.4 Å². The van der Waals surface area contributed by atoms with E-state index >= 15 is 0 Å². The van der Waals surface area contributed by atoms with E-state index in [0.717, 1.165) is 5.56 Å². The number of nitrogens with zero attached hydrogens (tertiary/aromatic N) is 1. The number of urea groups is 1. The van der Waals surface area contributed by atoms with Crippen LogP contribution in [0, 0.1) is 0 Å². The second-order valence-electron chi connectivity index (χ2n) is 3.99. The zero-order valence-electron chi connectivity index (χ0n) is 9.97. The molecular weight excluding hydrogens is 236 g/mol. The van der Waals surface area contributed by atoms with Crippen LogP contribution in [0.3, 0.4) is 0 Å². The van der Waals surface area contributed by atoms with Crippen molar-refractivity contribution in [3.63, 3.8) is 0 Å². The third-order valence-electron chi connectivity index (χ3n) is 2.84. The van der Waals surface area contributed by atoms with Gasteiger partial charge in [0.05, 0.1) is 19.2 Å². The first kappa shape index (κ1) is 12.2. The molecule has 0 bridgehead atoms. The smallest absolute Gasteiger partial charge is 0.335 e. The Morgan fingerprint density at radius 3 is 2.89 bits per heavy atom. The summed E-state index contributed by atoms with van der Waals surface area (Å²) in [5, 5.41) is 11.6. The molecule has 0 saturated carbocycles. The zero-order valence-corrected chi connectivity index (χ0v) is 9.97. The first-order valence-corrected chi connectivity index (χ1v) is 5.55. The number of amides is 2. The Hall–Kier alpha value is -2.24. The topological polar surface area (TPSA) is 78.9 Å². The molecule has 0 radical (unpaired) electrons. The quantitative estimate of drug-likeness (QED) is 0.832.